The normalized spacial score (nSPS) is 19.0. The van der Waals surface area contributed by atoms with E-state index in [-0.39, 0.29) is 29.6 Å². The number of anilines is 1. The maximum atomic E-state index is 14.1. The van der Waals surface area contributed by atoms with Crippen LogP contribution in [-0.2, 0) is 14.4 Å². The van der Waals surface area contributed by atoms with Gasteiger partial charge in [-0.1, -0.05) is 74.8 Å². The summed E-state index contributed by atoms with van der Waals surface area (Å²) >= 11 is 1.42. The molecule has 0 radical (unpaired) electrons. The number of rotatable bonds is 9. The average molecular weight is 574 g/mol. The third-order valence-electron chi connectivity index (χ3n) is 8.42. The summed E-state index contributed by atoms with van der Waals surface area (Å²) < 4.78 is 0. The van der Waals surface area contributed by atoms with Crippen LogP contribution in [0.2, 0.25) is 0 Å². The van der Waals surface area contributed by atoms with Gasteiger partial charge in [0.25, 0.3) is 0 Å². The van der Waals surface area contributed by atoms with Crippen molar-refractivity contribution in [2.45, 2.75) is 77.3 Å². The van der Waals surface area contributed by atoms with Crippen LogP contribution in [0.1, 0.15) is 65.2 Å². The Kier molecular flexibility index (Phi) is 9.44. The highest BCUT2D eigenvalue weighted by Crippen LogP contribution is 2.38. The smallest absolute Gasteiger partial charge is 0.247 e. The lowest BCUT2D eigenvalue weighted by atomic mass is 9.83. The number of carbonyl (C=O) groups is 3. The highest BCUT2D eigenvalue weighted by atomic mass is 32.1. The third kappa shape index (κ3) is 6.67. The van der Waals surface area contributed by atoms with Crippen LogP contribution in [0.3, 0.4) is 0 Å². The van der Waals surface area contributed by atoms with Gasteiger partial charge in [-0.15, -0.1) is 0 Å². The number of benzene rings is 1. The van der Waals surface area contributed by atoms with E-state index in [0.29, 0.717) is 30.1 Å². The van der Waals surface area contributed by atoms with Crippen molar-refractivity contribution in [1.82, 2.24) is 20.2 Å². The lowest BCUT2D eigenvalue weighted by Crippen LogP contribution is -2.56. The van der Waals surface area contributed by atoms with Gasteiger partial charge < -0.3 is 15.5 Å². The molecule has 216 valence electrons. The number of likely N-dealkylation sites (tertiary alicyclic amines) is 1. The van der Waals surface area contributed by atoms with Gasteiger partial charge in [0.05, 0.1) is 0 Å². The van der Waals surface area contributed by atoms with Crippen LogP contribution in [0.15, 0.2) is 54.9 Å². The first-order valence-electron chi connectivity index (χ1n) is 14.8. The molecule has 1 saturated carbocycles. The number of amides is 3. The number of hydrogen-bond donors (Lipinski definition) is 2. The summed E-state index contributed by atoms with van der Waals surface area (Å²) in [6.07, 6.45) is 10.6. The molecule has 1 aliphatic heterocycles. The number of aromatic nitrogens is 2. The van der Waals surface area contributed by atoms with Crippen LogP contribution in [0.4, 0.5) is 5.00 Å². The Hall–Kier alpha value is -3.59. The highest BCUT2D eigenvalue weighted by Gasteiger charge is 2.41. The molecule has 2 N–H and O–H groups in total. The van der Waals surface area contributed by atoms with Gasteiger partial charge in [-0.25, -0.2) is 4.98 Å². The monoisotopic (exact) mass is 573 g/mol. The molecule has 3 aromatic rings. The van der Waals surface area contributed by atoms with Gasteiger partial charge in [-0.3, -0.25) is 19.4 Å². The van der Waals surface area contributed by atoms with E-state index in [1.54, 1.807) is 17.3 Å². The molecule has 3 heterocycles. The Morgan fingerprint density at radius 1 is 0.976 bits per heavy atom. The Balaban J connectivity index is 1.38. The minimum atomic E-state index is -0.593. The number of pyridine rings is 1. The van der Waals surface area contributed by atoms with Crippen molar-refractivity contribution in [3.8, 4) is 21.8 Å². The van der Waals surface area contributed by atoms with E-state index in [9.17, 15) is 14.4 Å². The van der Waals surface area contributed by atoms with Crippen molar-refractivity contribution in [2.75, 3.05) is 11.9 Å². The lowest BCUT2D eigenvalue weighted by molar-refractivity contribution is -0.142. The second kappa shape index (κ2) is 13.4. The van der Waals surface area contributed by atoms with Gasteiger partial charge in [-0.2, -0.15) is 0 Å². The lowest BCUT2D eigenvalue weighted by Gasteiger charge is -2.35. The molecule has 9 heteroatoms. The fourth-order valence-electron chi connectivity index (χ4n) is 5.82. The molecule has 0 unspecified atom stereocenters. The molecule has 2 aromatic heterocycles. The van der Waals surface area contributed by atoms with E-state index in [1.165, 1.54) is 11.3 Å². The van der Waals surface area contributed by atoms with Gasteiger partial charge in [0, 0.05) is 36.0 Å². The first-order valence-corrected chi connectivity index (χ1v) is 15.7. The van der Waals surface area contributed by atoms with Crippen molar-refractivity contribution in [2.24, 2.45) is 11.8 Å². The van der Waals surface area contributed by atoms with Crippen LogP contribution >= 0.6 is 11.3 Å². The standard InChI is InChI=1S/C32H39N5O3S/c1-3-21(2)28(38)34-27(23-13-8-5-9-14-23)32(40)37-20-10-15-25(37)29(39)36-31-26(22-11-6-4-7-12-22)35-30(41-31)24-16-18-33-19-17-24/h4,6-7,11-12,16-19,21,23,25,27H,3,5,8-10,13-15,20H2,1-2H3,(H,34,38)(H,36,39)/t21-,25+,27+/m1/s1. The number of nitrogens with one attached hydrogen (secondary N) is 2. The van der Waals surface area contributed by atoms with Crippen LogP contribution < -0.4 is 10.6 Å². The van der Waals surface area contributed by atoms with Crippen molar-refractivity contribution in [3.05, 3.63) is 54.9 Å². The zero-order chi connectivity index (χ0) is 28.8. The molecule has 1 aromatic carbocycles. The number of hydrogen-bond acceptors (Lipinski definition) is 6. The van der Waals surface area contributed by atoms with Crippen LogP contribution in [0.25, 0.3) is 21.8 Å². The SMILES string of the molecule is CC[C@@H](C)C(=O)N[C@H](C(=O)N1CCC[C@H]1C(=O)Nc1sc(-c2ccncc2)nc1-c1ccccc1)C1CCCCC1. The Labute approximate surface area is 246 Å². The molecule has 2 aliphatic rings. The first kappa shape index (κ1) is 28.9. The largest absolute Gasteiger partial charge is 0.344 e. The maximum Gasteiger partial charge on any atom is 0.247 e. The summed E-state index contributed by atoms with van der Waals surface area (Å²) in [5, 5.41) is 7.67. The molecular weight excluding hydrogens is 534 g/mol. The molecule has 0 bridgehead atoms. The maximum absolute atomic E-state index is 14.1. The third-order valence-corrected chi connectivity index (χ3v) is 9.44. The van der Waals surface area contributed by atoms with Gasteiger partial charge in [0.2, 0.25) is 17.7 Å². The molecule has 3 atom stereocenters. The van der Waals surface area contributed by atoms with E-state index in [2.05, 4.69) is 15.6 Å². The molecule has 1 saturated heterocycles. The van der Waals surface area contributed by atoms with Crippen molar-refractivity contribution >= 4 is 34.1 Å². The molecular formula is C32H39N5O3S. The quantitative estimate of drug-likeness (QED) is 0.331. The van der Waals surface area contributed by atoms with Gasteiger partial charge in [0.15, 0.2) is 0 Å². The second-order valence-corrected chi connectivity index (χ2v) is 12.2. The average Bonchev–Trinajstić information content (AvgIpc) is 3.68. The van der Waals surface area contributed by atoms with Crippen molar-refractivity contribution < 1.29 is 14.4 Å². The van der Waals surface area contributed by atoms with Gasteiger partial charge >= 0.3 is 0 Å². The summed E-state index contributed by atoms with van der Waals surface area (Å²) in [6, 6.07) is 12.4. The highest BCUT2D eigenvalue weighted by molar-refractivity contribution is 7.19. The summed E-state index contributed by atoms with van der Waals surface area (Å²) in [5.74, 6) is -0.492. The topological polar surface area (TPSA) is 104 Å². The van der Waals surface area contributed by atoms with E-state index >= 15 is 0 Å². The molecule has 0 spiro atoms. The summed E-state index contributed by atoms with van der Waals surface area (Å²) in [6.45, 7) is 4.38. The fourth-order valence-corrected chi connectivity index (χ4v) is 6.82. The van der Waals surface area contributed by atoms with E-state index in [1.807, 2.05) is 56.3 Å². The number of nitrogens with zero attached hydrogens (tertiary/aromatic N) is 3. The fraction of sp³-hybridized carbons (Fsp3) is 0.469. The molecule has 5 rings (SSSR count). The predicted molar refractivity (Wildman–Crippen MR) is 162 cm³/mol. The van der Waals surface area contributed by atoms with E-state index in [4.69, 9.17) is 4.98 Å². The number of carbonyl (C=O) groups excluding carboxylic acids is 3. The van der Waals surface area contributed by atoms with Crippen molar-refractivity contribution in [1.29, 1.82) is 0 Å². The minimum Gasteiger partial charge on any atom is -0.344 e. The minimum absolute atomic E-state index is 0.0857. The predicted octanol–water partition coefficient (Wildman–Crippen LogP) is 5.91. The summed E-state index contributed by atoms with van der Waals surface area (Å²) in [4.78, 5) is 51.5. The zero-order valence-corrected chi connectivity index (χ0v) is 24.7. The van der Waals surface area contributed by atoms with E-state index < -0.39 is 12.1 Å². The second-order valence-electron chi connectivity index (χ2n) is 11.2. The van der Waals surface area contributed by atoms with Crippen LogP contribution in [-0.4, -0.2) is 51.2 Å². The molecule has 8 nitrogen and oxygen atoms in total. The molecule has 2 fully saturated rings. The first-order chi connectivity index (χ1) is 20.0. The summed E-state index contributed by atoms with van der Waals surface area (Å²) in [5.41, 5.74) is 2.53. The van der Waals surface area contributed by atoms with Crippen LogP contribution in [0, 0.1) is 11.8 Å². The summed E-state index contributed by atoms with van der Waals surface area (Å²) in [7, 11) is 0. The van der Waals surface area contributed by atoms with Gasteiger partial charge in [-0.05, 0) is 50.2 Å². The Bertz CT molecular complexity index is 1340. The Morgan fingerprint density at radius 2 is 1.71 bits per heavy atom. The number of thiazole rings is 1. The van der Waals surface area contributed by atoms with Gasteiger partial charge in [0.1, 0.15) is 27.8 Å². The van der Waals surface area contributed by atoms with Crippen molar-refractivity contribution in [3.63, 3.8) is 0 Å². The zero-order valence-electron chi connectivity index (χ0n) is 23.8. The Morgan fingerprint density at radius 3 is 2.41 bits per heavy atom. The van der Waals surface area contributed by atoms with Crippen LogP contribution in [0.5, 0.6) is 0 Å². The molecule has 1 aliphatic carbocycles. The molecule has 41 heavy (non-hydrogen) atoms. The molecule has 3 amide bonds. The van der Waals surface area contributed by atoms with E-state index in [0.717, 1.165) is 54.7 Å².